The molecule has 0 saturated carbocycles. The number of hydrogen-bond donors (Lipinski definition) is 3. The second kappa shape index (κ2) is 4.79. The van der Waals surface area contributed by atoms with Crippen LogP contribution in [0.5, 0.6) is 0 Å². The summed E-state index contributed by atoms with van der Waals surface area (Å²) in [6.07, 6.45) is 0.885. The van der Waals surface area contributed by atoms with Crippen LogP contribution in [0.1, 0.15) is 8.97 Å². The van der Waals surface area contributed by atoms with Gasteiger partial charge in [-0.25, -0.2) is 9.59 Å². The topological polar surface area (TPSA) is 117 Å². The molecule has 0 radical (unpaired) electrons. The van der Waals surface area contributed by atoms with Crippen molar-refractivity contribution in [3.8, 4) is 12.3 Å². The molecule has 0 amide bonds. The number of terminal acetylenes is 1. The molecule has 102 valence electrons. The number of aromatic nitrogens is 3. The molecule has 3 N–H and O–H groups in total. The minimum atomic E-state index is -2.95. The van der Waals surface area contributed by atoms with Gasteiger partial charge < -0.3 is 14.9 Å². The van der Waals surface area contributed by atoms with Crippen molar-refractivity contribution in [1.29, 1.82) is 0 Å². The normalized spacial score (nSPS) is 36.4. The second-order valence-corrected chi connectivity index (χ2v) is 4.41. The maximum Gasteiger partial charge on any atom is 0.350 e. The average Bonchev–Trinajstić information content (AvgIpc) is 2.63. The predicted molar refractivity (Wildman–Crippen MR) is 63.5 cm³/mol. The Balaban J connectivity index is 2.55. The molecule has 1 saturated heterocycles. The average molecular weight is 290 g/mol. The zero-order valence-electron chi connectivity index (χ0n) is 11.3. The first-order chi connectivity index (χ1) is 9.61. The molecule has 2 heterocycles. The van der Waals surface area contributed by atoms with Crippen molar-refractivity contribution in [2.24, 2.45) is 0 Å². The highest BCUT2D eigenvalue weighted by molar-refractivity contribution is 6.27. The first-order valence-electron chi connectivity index (χ1n) is 6.01. The van der Waals surface area contributed by atoms with E-state index in [1.54, 1.807) is 0 Å². The fourth-order valence-corrected chi connectivity index (χ4v) is 2.00. The Morgan fingerprint density at radius 2 is 2.47 bits per heavy atom. The van der Waals surface area contributed by atoms with Crippen LogP contribution in [0.25, 0.3) is 0 Å². The summed E-state index contributed by atoms with van der Waals surface area (Å²) in [6, 6.07) is 0. The minimum absolute atomic E-state index is 0.698. The number of aromatic amines is 1. The number of hydrogen-bond acceptors (Lipinski definition) is 6. The van der Waals surface area contributed by atoms with E-state index in [1.165, 1.54) is 0 Å². The molecule has 0 aliphatic carbocycles. The monoisotopic (exact) mass is 289 g/mol. The Morgan fingerprint density at radius 3 is 3.00 bits per heavy atom. The van der Waals surface area contributed by atoms with Crippen LogP contribution < -0.4 is 11.4 Å². The number of aliphatic hydroxyl groups excluding tert-OH is 1. The van der Waals surface area contributed by atoms with Crippen molar-refractivity contribution < 1.29 is 17.7 Å². The molecule has 1 aliphatic heterocycles. The third kappa shape index (κ3) is 2.06. The van der Waals surface area contributed by atoms with Gasteiger partial charge in [-0.15, -0.1) is 6.42 Å². The van der Waals surface area contributed by atoms with Crippen LogP contribution in [0.3, 0.4) is 0 Å². The van der Waals surface area contributed by atoms with E-state index in [9.17, 15) is 19.8 Å². The van der Waals surface area contributed by atoms with Crippen molar-refractivity contribution in [1.82, 2.24) is 14.5 Å². The second-order valence-electron chi connectivity index (χ2n) is 3.78. The van der Waals surface area contributed by atoms with Crippen molar-refractivity contribution in [2.45, 2.75) is 23.3 Å². The van der Waals surface area contributed by atoms with Gasteiger partial charge in [-0.1, -0.05) is 17.5 Å². The summed E-state index contributed by atoms with van der Waals surface area (Å²) in [6.45, 7) is -2.95. The van der Waals surface area contributed by atoms with E-state index in [-0.39, 0.29) is 0 Å². The quantitative estimate of drug-likeness (QED) is 0.420. The first kappa shape index (κ1) is 11.2. The van der Waals surface area contributed by atoms with Crippen LogP contribution in [0.15, 0.2) is 15.9 Å². The van der Waals surface area contributed by atoms with Gasteiger partial charge in [0.2, 0.25) is 0 Å². The van der Waals surface area contributed by atoms with Crippen LogP contribution in [0.2, 0.25) is 0 Å². The Hall–Kier alpha value is -1.66. The van der Waals surface area contributed by atoms with Gasteiger partial charge in [0, 0.05) is 0 Å². The van der Waals surface area contributed by atoms with Crippen LogP contribution in [-0.4, -0.2) is 48.4 Å². The summed E-state index contributed by atoms with van der Waals surface area (Å²) in [5.41, 5.74) is -1.88. The number of nitrogens with zero attached hydrogens (tertiary/aromatic N) is 2. The number of rotatable bonds is 2. The first-order valence-corrected chi connectivity index (χ1v) is 5.39. The molecule has 1 aromatic rings. The summed E-state index contributed by atoms with van der Waals surface area (Å²) in [7, 11) is 0. The van der Waals surface area contributed by atoms with Gasteiger partial charge in [-0.2, -0.15) is 4.98 Å². The fraction of sp³-hybridized carbons (Fsp3) is 0.500. The molecule has 0 aromatic carbocycles. The lowest BCUT2D eigenvalue weighted by molar-refractivity contribution is -0.0468. The third-order valence-electron chi connectivity index (χ3n) is 2.70. The Kier molecular flexibility index (Phi) is 2.82. The van der Waals surface area contributed by atoms with Gasteiger partial charge in [0.05, 0.1) is 9.30 Å². The van der Waals surface area contributed by atoms with Gasteiger partial charge in [0.25, 0.3) is 0 Å². The van der Waals surface area contributed by atoms with E-state index in [1.807, 2.05) is 10.9 Å². The van der Waals surface area contributed by atoms with Crippen LogP contribution in [0, 0.1) is 12.3 Å². The molecule has 8 nitrogen and oxygen atoms in total. The zero-order valence-corrected chi connectivity index (χ0v) is 10.0. The molecular weight excluding hydrogens is 278 g/mol. The molecule has 2 rings (SSSR count). The molecule has 1 aromatic heterocycles. The van der Waals surface area contributed by atoms with E-state index in [4.69, 9.17) is 25.5 Å². The zero-order chi connectivity index (χ0) is 16.0. The number of halogens is 1. The molecule has 1 unspecified atom stereocenters. The summed E-state index contributed by atoms with van der Waals surface area (Å²) < 4.78 is 20.2. The van der Waals surface area contributed by atoms with Gasteiger partial charge in [-0.3, -0.25) is 9.55 Å². The molecular formula is C10H10ClN3O5. The molecule has 19 heavy (non-hydrogen) atoms. The van der Waals surface area contributed by atoms with Gasteiger partial charge in [0.1, 0.15) is 18.5 Å². The predicted octanol–water partition coefficient (Wildman–Crippen LogP) is -2.21. The minimum Gasteiger partial charge on any atom is -0.394 e. The van der Waals surface area contributed by atoms with E-state index in [0.29, 0.717) is 4.57 Å². The highest BCUT2D eigenvalue weighted by atomic mass is 35.5. The molecule has 0 bridgehead atoms. The van der Waals surface area contributed by atoms with Crippen LogP contribution in [0.4, 0.5) is 0 Å². The Bertz CT molecular complexity index is 708. The van der Waals surface area contributed by atoms with E-state index < -0.39 is 41.2 Å². The molecule has 1 aliphatic rings. The lowest BCUT2D eigenvalue weighted by Gasteiger charge is -2.24. The molecule has 1 fully saturated rings. The SMILES string of the molecule is [2H]C([2H])(O)[C@H]1O[C@@H](n2cnc(=O)[nH]c2=O)C(Cl)(C#C)[C@H]1O. The van der Waals surface area contributed by atoms with Gasteiger partial charge in [-0.05, 0) is 0 Å². The number of H-pyrrole nitrogens is 1. The van der Waals surface area contributed by atoms with Crippen molar-refractivity contribution in [3.05, 3.63) is 27.3 Å². The largest absolute Gasteiger partial charge is 0.394 e. The Labute approximate surface area is 114 Å². The van der Waals surface area contributed by atoms with Crippen LogP contribution >= 0.6 is 11.6 Å². The van der Waals surface area contributed by atoms with E-state index in [0.717, 1.165) is 6.33 Å². The number of alkyl halides is 1. The summed E-state index contributed by atoms with van der Waals surface area (Å²) >= 11 is 6.05. The maximum atomic E-state index is 11.7. The smallest absolute Gasteiger partial charge is 0.350 e. The fourth-order valence-electron chi connectivity index (χ4n) is 1.73. The van der Waals surface area contributed by atoms with Gasteiger partial charge in [0.15, 0.2) is 11.1 Å². The van der Waals surface area contributed by atoms with E-state index >= 15 is 0 Å². The maximum absolute atomic E-state index is 11.7. The number of ether oxygens (including phenoxy) is 1. The summed E-state index contributed by atoms with van der Waals surface area (Å²) in [4.78, 5) is 25.8. The van der Waals surface area contributed by atoms with E-state index in [2.05, 4.69) is 4.98 Å². The van der Waals surface area contributed by atoms with Gasteiger partial charge >= 0.3 is 11.4 Å². The molecule has 0 spiro atoms. The lowest BCUT2D eigenvalue weighted by atomic mass is 10.00. The standard InChI is InChI=1S/C10H10ClN3O5/c1-2-10(11)6(16)5(3-15)19-7(10)14-4-12-8(17)13-9(14)18/h1,4-7,15-16H,3H2,(H,13,17,18)/t5-,6+,7-,10?/m1/s1/i3D2. The van der Waals surface area contributed by atoms with Crippen molar-refractivity contribution in [2.75, 3.05) is 6.56 Å². The summed E-state index contributed by atoms with van der Waals surface area (Å²) in [5.74, 6) is 2.02. The van der Waals surface area contributed by atoms with Crippen molar-refractivity contribution in [3.63, 3.8) is 0 Å². The highest BCUT2D eigenvalue weighted by Gasteiger charge is 2.55. The van der Waals surface area contributed by atoms with Crippen molar-refractivity contribution >= 4 is 11.6 Å². The molecule has 4 atom stereocenters. The highest BCUT2D eigenvalue weighted by Crippen LogP contribution is 2.42. The molecule has 9 heteroatoms. The lowest BCUT2D eigenvalue weighted by Crippen LogP contribution is -2.44. The van der Waals surface area contributed by atoms with Crippen LogP contribution in [-0.2, 0) is 4.74 Å². The number of nitrogens with one attached hydrogen (secondary N) is 1. The Morgan fingerprint density at radius 1 is 1.79 bits per heavy atom. The summed E-state index contributed by atoms with van der Waals surface area (Å²) in [5, 5.41) is 19.4. The third-order valence-corrected chi connectivity index (χ3v) is 3.22. The number of aliphatic hydroxyl groups is 2.